The van der Waals surface area contributed by atoms with Gasteiger partial charge in [-0.25, -0.2) is 14.0 Å². The number of rotatable bonds is 6. The number of nitrogens with one attached hydrogen (secondary N) is 2. The number of urea groups is 1. The maximum atomic E-state index is 13.6. The van der Waals surface area contributed by atoms with Crippen molar-refractivity contribution < 1.29 is 23.8 Å². The molecule has 1 unspecified atom stereocenters. The van der Waals surface area contributed by atoms with Gasteiger partial charge in [0.25, 0.3) is 0 Å². The number of anilines is 1. The first-order valence-electron chi connectivity index (χ1n) is 6.47. The largest absolute Gasteiger partial charge is 0.497 e. The van der Waals surface area contributed by atoms with Gasteiger partial charge in [0.05, 0.1) is 12.8 Å². The van der Waals surface area contributed by atoms with Crippen molar-refractivity contribution in [1.29, 1.82) is 0 Å². The second-order valence-corrected chi connectivity index (χ2v) is 4.96. The first-order valence-corrected chi connectivity index (χ1v) is 6.47. The van der Waals surface area contributed by atoms with Crippen LogP contribution in [0.15, 0.2) is 18.2 Å². The number of halogens is 1. The summed E-state index contributed by atoms with van der Waals surface area (Å²) in [6.07, 6.45) is 0.281. The molecule has 0 radical (unpaired) electrons. The third kappa shape index (κ3) is 5.29. The van der Waals surface area contributed by atoms with Crippen LogP contribution >= 0.6 is 0 Å². The van der Waals surface area contributed by atoms with Crippen molar-refractivity contribution >= 4 is 17.7 Å². The molecule has 1 atom stereocenters. The first kappa shape index (κ1) is 16.7. The van der Waals surface area contributed by atoms with E-state index in [1.54, 1.807) is 0 Å². The second kappa shape index (κ2) is 7.47. The van der Waals surface area contributed by atoms with Crippen molar-refractivity contribution in [2.24, 2.45) is 5.92 Å². The number of carbonyl (C=O) groups excluding carboxylic acids is 1. The lowest BCUT2D eigenvalue weighted by Gasteiger charge is -2.17. The van der Waals surface area contributed by atoms with Gasteiger partial charge in [-0.2, -0.15) is 0 Å². The van der Waals surface area contributed by atoms with E-state index in [2.05, 4.69) is 10.6 Å². The van der Waals surface area contributed by atoms with E-state index >= 15 is 0 Å². The topological polar surface area (TPSA) is 87.7 Å². The van der Waals surface area contributed by atoms with Gasteiger partial charge in [-0.15, -0.1) is 0 Å². The summed E-state index contributed by atoms with van der Waals surface area (Å²) >= 11 is 0. The van der Waals surface area contributed by atoms with E-state index < -0.39 is 23.9 Å². The summed E-state index contributed by atoms with van der Waals surface area (Å²) in [6.45, 7) is 3.69. The Hall–Kier alpha value is -2.31. The van der Waals surface area contributed by atoms with Crippen molar-refractivity contribution in [3.63, 3.8) is 0 Å². The molecule has 3 N–H and O–H groups in total. The van der Waals surface area contributed by atoms with Crippen LogP contribution in [0.4, 0.5) is 14.9 Å². The van der Waals surface area contributed by atoms with E-state index in [-0.39, 0.29) is 18.0 Å². The molecule has 0 saturated heterocycles. The Bertz CT molecular complexity index is 520. The van der Waals surface area contributed by atoms with E-state index in [4.69, 9.17) is 9.84 Å². The van der Waals surface area contributed by atoms with E-state index in [1.807, 2.05) is 13.8 Å². The molecule has 2 amide bonds. The molecule has 0 aliphatic carbocycles. The smallest absolute Gasteiger partial charge is 0.326 e. The van der Waals surface area contributed by atoms with Gasteiger partial charge < -0.3 is 20.5 Å². The van der Waals surface area contributed by atoms with E-state index in [1.165, 1.54) is 19.2 Å². The van der Waals surface area contributed by atoms with Crippen molar-refractivity contribution in [2.45, 2.75) is 26.3 Å². The Balaban J connectivity index is 2.74. The highest BCUT2D eigenvalue weighted by molar-refractivity contribution is 5.92. The van der Waals surface area contributed by atoms with Gasteiger partial charge in [-0.05, 0) is 24.5 Å². The number of benzene rings is 1. The third-order valence-corrected chi connectivity index (χ3v) is 2.73. The Kier molecular flexibility index (Phi) is 5.95. The fourth-order valence-corrected chi connectivity index (χ4v) is 1.74. The summed E-state index contributed by atoms with van der Waals surface area (Å²) in [5, 5.41) is 13.6. The minimum atomic E-state index is -1.13. The molecule has 0 aliphatic heterocycles. The molecular weight excluding hydrogens is 279 g/mol. The highest BCUT2D eigenvalue weighted by Crippen LogP contribution is 2.21. The van der Waals surface area contributed by atoms with Crippen LogP contribution < -0.4 is 15.4 Å². The number of aliphatic carboxylic acids is 1. The lowest BCUT2D eigenvalue weighted by Crippen LogP contribution is -2.43. The van der Waals surface area contributed by atoms with Crippen LogP contribution in [0.1, 0.15) is 20.3 Å². The maximum absolute atomic E-state index is 13.6. The molecule has 0 saturated carbocycles. The number of ether oxygens (including phenoxy) is 1. The molecule has 0 heterocycles. The summed E-state index contributed by atoms with van der Waals surface area (Å²) in [5.41, 5.74) is -0.0828. The zero-order valence-electron chi connectivity index (χ0n) is 12.1. The van der Waals surface area contributed by atoms with Crippen LogP contribution in [0.25, 0.3) is 0 Å². The molecule has 1 aromatic carbocycles. The highest BCUT2D eigenvalue weighted by Gasteiger charge is 2.21. The average Bonchev–Trinajstić information content (AvgIpc) is 2.39. The molecule has 7 heteroatoms. The monoisotopic (exact) mass is 298 g/mol. The van der Waals surface area contributed by atoms with Crippen LogP contribution in [-0.4, -0.2) is 30.3 Å². The van der Waals surface area contributed by atoms with Crippen molar-refractivity contribution in [1.82, 2.24) is 5.32 Å². The predicted molar refractivity (Wildman–Crippen MR) is 76.0 cm³/mol. The molecule has 0 aromatic heterocycles. The molecule has 1 rings (SSSR count). The summed E-state index contributed by atoms with van der Waals surface area (Å²) in [6, 6.07) is 2.07. The first-order chi connectivity index (χ1) is 9.83. The van der Waals surface area contributed by atoms with Crippen molar-refractivity contribution in [3.8, 4) is 5.75 Å². The number of carbonyl (C=O) groups is 2. The van der Waals surface area contributed by atoms with E-state index in [0.29, 0.717) is 5.75 Å². The Labute approximate surface area is 122 Å². The lowest BCUT2D eigenvalue weighted by atomic mass is 10.0. The zero-order valence-corrected chi connectivity index (χ0v) is 12.1. The minimum Gasteiger partial charge on any atom is -0.497 e. The van der Waals surface area contributed by atoms with Crippen LogP contribution in [0.5, 0.6) is 5.75 Å². The quantitative estimate of drug-likeness (QED) is 0.752. The molecule has 116 valence electrons. The van der Waals surface area contributed by atoms with E-state index in [9.17, 15) is 14.0 Å². The van der Waals surface area contributed by atoms with Crippen molar-refractivity contribution in [3.05, 3.63) is 24.0 Å². The molecule has 6 nitrogen and oxygen atoms in total. The van der Waals surface area contributed by atoms with Gasteiger partial charge in [0.15, 0.2) is 0 Å². The van der Waals surface area contributed by atoms with Gasteiger partial charge >= 0.3 is 12.0 Å². The summed E-state index contributed by atoms with van der Waals surface area (Å²) in [7, 11) is 1.42. The fraction of sp³-hybridized carbons (Fsp3) is 0.429. The molecule has 0 spiro atoms. The molecule has 0 fully saturated rings. The standard InChI is InChI=1S/C14H19FN2O4/c1-8(2)6-12(13(18)19)17-14(20)16-11-7-9(21-3)4-5-10(11)15/h4-5,7-8,12H,6H2,1-3H3,(H,18,19)(H2,16,17,20). The number of hydrogen-bond acceptors (Lipinski definition) is 3. The van der Waals surface area contributed by atoms with Gasteiger partial charge in [0, 0.05) is 6.07 Å². The second-order valence-electron chi connectivity index (χ2n) is 4.96. The molecule has 1 aromatic rings. The zero-order chi connectivity index (χ0) is 16.0. The van der Waals surface area contributed by atoms with Crippen LogP contribution in [-0.2, 0) is 4.79 Å². The maximum Gasteiger partial charge on any atom is 0.326 e. The Morgan fingerprint density at radius 1 is 1.38 bits per heavy atom. The molecular formula is C14H19FN2O4. The summed E-state index contributed by atoms with van der Waals surface area (Å²) < 4.78 is 18.5. The van der Waals surface area contributed by atoms with Crippen LogP contribution in [0, 0.1) is 11.7 Å². The predicted octanol–water partition coefficient (Wildman–Crippen LogP) is 2.46. The minimum absolute atomic E-state index is 0.0828. The Morgan fingerprint density at radius 2 is 2.05 bits per heavy atom. The van der Waals surface area contributed by atoms with Crippen molar-refractivity contribution in [2.75, 3.05) is 12.4 Å². The molecule has 0 aliphatic rings. The van der Waals surface area contributed by atoms with Gasteiger partial charge in [0.2, 0.25) is 0 Å². The Morgan fingerprint density at radius 3 is 2.57 bits per heavy atom. The number of carboxylic acid groups (broad SMARTS) is 1. The molecule has 0 bridgehead atoms. The fourth-order valence-electron chi connectivity index (χ4n) is 1.74. The van der Waals surface area contributed by atoms with Gasteiger partial charge in [0.1, 0.15) is 17.6 Å². The number of hydrogen-bond donors (Lipinski definition) is 3. The number of carboxylic acids is 1. The molecule has 21 heavy (non-hydrogen) atoms. The highest BCUT2D eigenvalue weighted by atomic mass is 19.1. The average molecular weight is 298 g/mol. The third-order valence-electron chi connectivity index (χ3n) is 2.73. The van der Waals surface area contributed by atoms with E-state index in [0.717, 1.165) is 6.07 Å². The number of methoxy groups -OCH3 is 1. The number of amides is 2. The van der Waals surface area contributed by atoms with Gasteiger partial charge in [-0.1, -0.05) is 13.8 Å². The normalized spacial score (nSPS) is 11.9. The SMILES string of the molecule is COc1ccc(F)c(NC(=O)NC(CC(C)C)C(=O)O)c1. The van der Waals surface area contributed by atoms with Gasteiger partial charge in [-0.3, -0.25) is 0 Å². The summed E-state index contributed by atoms with van der Waals surface area (Å²) in [5.74, 6) is -1.30. The summed E-state index contributed by atoms with van der Waals surface area (Å²) in [4.78, 5) is 22.8. The lowest BCUT2D eigenvalue weighted by molar-refractivity contribution is -0.139. The van der Waals surface area contributed by atoms with Crippen LogP contribution in [0.3, 0.4) is 0 Å². The van der Waals surface area contributed by atoms with Crippen LogP contribution in [0.2, 0.25) is 0 Å².